The van der Waals surface area contributed by atoms with Gasteiger partial charge in [0.15, 0.2) is 0 Å². The second-order valence-electron chi connectivity index (χ2n) is 5.41. The van der Waals surface area contributed by atoms with Gasteiger partial charge in [-0.3, -0.25) is 4.79 Å². The van der Waals surface area contributed by atoms with Crippen molar-refractivity contribution >= 4 is 11.6 Å². The van der Waals surface area contributed by atoms with Gasteiger partial charge in [-0.25, -0.2) is 0 Å². The summed E-state index contributed by atoms with van der Waals surface area (Å²) in [7, 11) is 3.28. The van der Waals surface area contributed by atoms with Gasteiger partial charge in [-0.1, -0.05) is 12.1 Å². The van der Waals surface area contributed by atoms with Crippen LogP contribution in [0.2, 0.25) is 0 Å². The highest BCUT2D eigenvalue weighted by Crippen LogP contribution is 2.26. The molecule has 1 aliphatic rings. The summed E-state index contributed by atoms with van der Waals surface area (Å²) < 4.78 is 10.8. The Morgan fingerprint density at radius 3 is 2.67 bits per heavy atom. The Morgan fingerprint density at radius 1 is 1.33 bits per heavy atom. The van der Waals surface area contributed by atoms with Gasteiger partial charge in [-0.15, -0.1) is 0 Å². The molecule has 1 amide bonds. The van der Waals surface area contributed by atoms with Crippen molar-refractivity contribution in [3.8, 4) is 0 Å². The minimum Gasteiger partial charge on any atom is -0.377 e. The van der Waals surface area contributed by atoms with Crippen LogP contribution in [0.1, 0.15) is 31.4 Å². The minimum atomic E-state index is -0.728. The molecule has 2 rings (SSSR count). The molecule has 1 aromatic rings. The Hall–Kier alpha value is -1.43. The Bertz CT molecular complexity index is 484. The second-order valence-corrected chi connectivity index (χ2v) is 5.41. The van der Waals surface area contributed by atoms with E-state index in [9.17, 15) is 4.79 Å². The number of benzene rings is 1. The minimum absolute atomic E-state index is 0.00267. The van der Waals surface area contributed by atoms with Gasteiger partial charge in [-0.05, 0) is 50.6 Å². The van der Waals surface area contributed by atoms with Crippen LogP contribution in [-0.4, -0.2) is 38.8 Å². The van der Waals surface area contributed by atoms with Crippen molar-refractivity contribution in [1.29, 1.82) is 0 Å². The van der Waals surface area contributed by atoms with E-state index in [2.05, 4.69) is 10.6 Å². The number of rotatable bonds is 5. The van der Waals surface area contributed by atoms with E-state index in [0.29, 0.717) is 12.8 Å². The molecule has 5 heteroatoms. The van der Waals surface area contributed by atoms with E-state index >= 15 is 0 Å². The largest absolute Gasteiger partial charge is 0.377 e. The predicted octanol–water partition coefficient (Wildman–Crippen LogP) is 2.10. The van der Waals surface area contributed by atoms with E-state index in [1.165, 1.54) is 0 Å². The van der Waals surface area contributed by atoms with Gasteiger partial charge in [0.2, 0.25) is 0 Å². The normalized spacial score (nSPS) is 19.0. The quantitative estimate of drug-likeness (QED) is 0.872. The van der Waals surface area contributed by atoms with E-state index in [4.69, 9.17) is 9.47 Å². The van der Waals surface area contributed by atoms with Crippen LogP contribution in [0.5, 0.6) is 0 Å². The predicted molar refractivity (Wildman–Crippen MR) is 82.3 cm³/mol. The van der Waals surface area contributed by atoms with Gasteiger partial charge < -0.3 is 20.1 Å². The maximum atomic E-state index is 12.6. The van der Waals surface area contributed by atoms with Gasteiger partial charge in [0.05, 0.1) is 6.10 Å². The summed E-state index contributed by atoms with van der Waals surface area (Å²) in [6, 6.07) is 7.73. The summed E-state index contributed by atoms with van der Waals surface area (Å²) in [6.45, 7) is 3.56. The number of carbonyl (C=O) groups is 1. The Morgan fingerprint density at radius 2 is 2.05 bits per heavy atom. The molecule has 1 atom stereocenters. The highest BCUT2D eigenvalue weighted by atomic mass is 16.5. The van der Waals surface area contributed by atoms with E-state index in [1.807, 2.05) is 31.2 Å². The van der Waals surface area contributed by atoms with Crippen molar-refractivity contribution in [1.82, 2.24) is 5.32 Å². The monoisotopic (exact) mass is 292 g/mol. The molecule has 2 N–H and O–H groups in total. The average Bonchev–Trinajstić information content (AvgIpc) is 2.54. The lowest BCUT2D eigenvalue weighted by molar-refractivity contribution is -0.140. The molecule has 1 unspecified atom stereocenters. The number of nitrogens with one attached hydrogen (secondary N) is 2. The molecule has 116 valence electrons. The molecule has 1 fully saturated rings. The van der Waals surface area contributed by atoms with Crippen molar-refractivity contribution in [2.24, 2.45) is 0 Å². The molecule has 0 spiro atoms. The van der Waals surface area contributed by atoms with Crippen molar-refractivity contribution in [2.75, 3.05) is 32.6 Å². The van der Waals surface area contributed by atoms with Gasteiger partial charge in [0.1, 0.15) is 5.60 Å². The third kappa shape index (κ3) is 3.61. The zero-order chi connectivity index (χ0) is 15.3. The van der Waals surface area contributed by atoms with Gasteiger partial charge in [-0.2, -0.15) is 0 Å². The summed E-state index contributed by atoms with van der Waals surface area (Å²) in [5.41, 5.74) is 1.08. The van der Waals surface area contributed by atoms with Crippen LogP contribution in [0.3, 0.4) is 0 Å². The van der Waals surface area contributed by atoms with Crippen LogP contribution < -0.4 is 10.6 Å². The second kappa shape index (κ2) is 7.02. The fourth-order valence-electron chi connectivity index (χ4n) is 2.60. The maximum Gasteiger partial charge on any atom is 0.256 e. The van der Waals surface area contributed by atoms with Crippen molar-refractivity contribution < 1.29 is 14.3 Å². The van der Waals surface area contributed by atoms with Crippen LogP contribution >= 0.6 is 0 Å². The third-order valence-electron chi connectivity index (χ3n) is 4.18. The lowest BCUT2D eigenvalue weighted by atomic mass is 9.91. The summed E-state index contributed by atoms with van der Waals surface area (Å²) in [6.07, 6.45) is 1.37. The molecule has 1 aromatic carbocycles. The molecule has 0 radical (unpaired) electrons. The fourth-order valence-corrected chi connectivity index (χ4v) is 2.60. The number of amides is 1. The van der Waals surface area contributed by atoms with Crippen LogP contribution in [0.15, 0.2) is 24.3 Å². The van der Waals surface area contributed by atoms with E-state index in [-0.39, 0.29) is 12.0 Å². The Labute approximate surface area is 126 Å². The number of anilines is 1. The van der Waals surface area contributed by atoms with Crippen molar-refractivity contribution in [2.45, 2.75) is 31.5 Å². The summed E-state index contributed by atoms with van der Waals surface area (Å²) in [4.78, 5) is 12.6. The zero-order valence-corrected chi connectivity index (χ0v) is 12.9. The van der Waals surface area contributed by atoms with Crippen LogP contribution in [0, 0.1) is 0 Å². The fraction of sp³-hybridized carbons (Fsp3) is 0.562. The van der Waals surface area contributed by atoms with Crippen LogP contribution in [-0.2, 0) is 14.3 Å². The zero-order valence-electron chi connectivity index (χ0n) is 12.9. The Kier molecular flexibility index (Phi) is 5.33. The number of ether oxygens (including phenoxy) is 2. The van der Waals surface area contributed by atoms with Gasteiger partial charge in [0.25, 0.3) is 5.91 Å². The highest BCUT2D eigenvalue weighted by molar-refractivity contribution is 5.97. The van der Waals surface area contributed by atoms with Gasteiger partial charge in [0, 0.05) is 19.9 Å². The van der Waals surface area contributed by atoms with Gasteiger partial charge >= 0.3 is 0 Å². The molecule has 1 saturated heterocycles. The number of carbonyl (C=O) groups excluding carboxylic acids is 1. The average molecular weight is 292 g/mol. The molecule has 0 aliphatic carbocycles. The molecular weight excluding hydrogens is 268 g/mol. The molecule has 0 bridgehead atoms. The molecule has 0 saturated carbocycles. The highest BCUT2D eigenvalue weighted by Gasteiger charge is 2.39. The van der Waals surface area contributed by atoms with Crippen LogP contribution in [0.25, 0.3) is 0 Å². The third-order valence-corrected chi connectivity index (χ3v) is 4.18. The molecule has 21 heavy (non-hydrogen) atoms. The number of methoxy groups -OCH3 is 2. The number of hydrogen-bond acceptors (Lipinski definition) is 4. The molecule has 0 aromatic heterocycles. The molecule has 1 heterocycles. The SMILES string of the molecule is COC(C)c1cccc(NC(=O)C2(OC)CCNCC2)c1. The number of piperidine rings is 1. The molecular formula is C16H24N2O3. The summed E-state index contributed by atoms with van der Waals surface area (Å²) in [5.74, 6) is -0.0753. The topological polar surface area (TPSA) is 59.6 Å². The lowest BCUT2D eigenvalue weighted by Gasteiger charge is -2.34. The first-order valence-corrected chi connectivity index (χ1v) is 7.31. The summed E-state index contributed by atoms with van der Waals surface area (Å²) in [5, 5.41) is 6.22. The van der Waals surface area contributed by atoms with Crippen molar-refractivity contribution in [3.05, 3.63) is 29.8 Å². The Balaban J connectivity index is 2.11. The van der Waals surface area contributed by atoms with E-state index in [1.54, 1.807) is 14.2 Å². The van der Waals surface area contributed by atoms with E-state index < -0.39 is 5.60 Å². The standard InChI is InChI=1S/C16H24N2O3/c1-12(20-2)13-5-4-6-14(11-13)18-15(19)16(21-3)7-9-17-10-8-16/h4-6,11-12,17H,7-10H2,1-3H3,(H,18,19). The lowest BCUT2D eigenvalue weighted by Crippen LogP contribution is -2.51. The molecule has 1 aliphatic heterocycles. The first kappa shape index (κ1) is 15.9. The van der Waals surface area contributed by atoms with E-state index in [0.717, 1.165) is 24.3 Å². The molecule has 5 nitrogen and oxygen atoms in total. The smallest absolute Gasteiger partial charge is 0.256 e. The maximum absolute atomic E-state index is 12.6. The van der Waals surface area contributed by atoms with Crippen LogP contribution in [0.4, 0.5) is 5.69 Å². The van der Waals surface area contributed by atoms with Crippen molar-refractivity contribution in [3.63, 3.8) is 0 Å². The number of hydrogen-bond donors (Lipinski definition) is 2. The first-order chi connectivity index (χ1) is 10.1. The first-order valence-electron chi connectivity index (χ1n) is 7.31. The summed E-state index contributed by atoms with van der Waals surface area (Å²) >= 11 is 0.